The highest BCUT2D eigenvalue weighted by atomic mass is 79.9. The molecular weight excluding hydrogens is 254 g/mol. The average Bonchev–Trinajstić information content (AvgIpc) is 2.16. The monoisotopic (exact) mass is 264 g/mol. The highest BCUT2D eigenvalue weighted by molar-refractivity contribution is 9.10. The molecule has 0 aliphatic rings. The van der Waals surface area contributed by atoms with Crippen LogP contribution in [-0.2, 0) is 13.1 Å². The molecule has 0 atom stereocenters. The molecule has 0 nitrogen and oxygen atoms in total. The average molecular weight is 266 g/mol. The van der Waals surface area contributed by atoms with Gasteiger partial charge >= 0.3 is 0 Å². The Labute approximate surface area is 91.2 Å². The van der Waals surface area contributed by atoms with E-state index in [2.05, 4.69) is 15.9 Å². The van der Waals surface area contributed by atoms with Gasteiger partial charge in [0, 0.05) is 10.4 Å². The van der Waals surface area contributed by atoms with Crippen LogP contribution in [0.3, 0.4) is 0 Å². The van der Waals surface area contributed by atoms with E-state index in [0.717, 1.165) is 28.4 Å². The van der Waals surface area contributed by atoms with E-state index in [4.69, 9.17) is 11.6 Å². The Morgan fingerprint density at radius 2 is 2.08 bits per heavy atom. The third-order valence-electron chi connectivity index (χ3n) is 1.89. The van der Waals surface area contributed by atoms with Crippen LogP contribution >= 0.6 is 27.5 Å². The molecule has 1 rings (SSSR count). The third kappa shape index (κ3) is 3.28. The summed E-state index contributed by atoms with van der Waals surface area (Å²) in [7, 11) is 0. The molecule has 0 spiro atoms. The molecule has 1 aromatic rings. The van der Waals surface area contributed by atoms with Crippen molar-refractivity contribution in [2.24, 2.45) is 0 Å². The zero-order valence-electron chi connectivity index (χ0n) is 7.19. The van der Waals surface area contributed by atoms with Gasteiger partial charge in [-0.05, 0) is 36.1 Å². The second kappa shape index (κ2) is 5.61. The molecule has 0 fully saturated rings. The van der Waals surface area contributed by atoms with Crippen molar-refractivity contribution in [3.8, 4) is 0 Å². The van der Waals surface area contributed by atoms with Gasteiger partial charge in [0.25, 0.3) is 0 Å². The summed E-state index contributed by atoms with van der Waals surface area (Å²) in [6.45, 7) is -0.406. The zero-order valence-corrected chi connectivity index (χ0v) is 9.54. The summed E-state index contributed by atoms with van der Waals surface area (Å²) in [5.74, 6) is 0.627. The topological polar surface area (TPSA) is 0 Å². The molecule has 0 unspecified atom stereocenters. The second-order valence-corrected chi connectivity index (χ2v) is 4.13. The minimum Gasteiger partial charge on any atom is -0.246 e. The molecule has 0 amide bonds. The fraction of sp³-hybridized carbons (Fsp3) is 0.400. The second-order valence-electron chi connectivity index (χ2n) is 2.84. The van der Waals surface area contributed by atoms with Gasteiger partial charge in [-0.1, -0.05) is 22.0 Å². The van der Waals surface area contributed by atoms with Crippen molar-refractivity contribution in [2.75, 3.05) is 5.88 Å². The summed E-state index contributed by atoms with van der Waals surface area (Å²) in [4.78, 5) is 0. The van der Waals surface area contributed by atoms with E-state index in [-0.39, 0.29) is 0 Å². The molecule has 1 aromatic carbocycles. The van der Waals surface area contributed by atoms with Crippen LogP contribution in [-0.4, -0.2) is 5.88 Å². The number of benzene rings is 1. The van der Waals surface area contributed by atoms with Crippen LogP contribution in [0.2, 0.25) is 0 Å². The van der Waals surface area contributed by atoms with Crippen molar-refractivity contribution < 1.29 is 4.39 Å². The van der Waals surface area contributed by atoms with Gasteiger partial charge in [-0.15, -0.1) is 11.6 Å². The van der Waals surface area contributed by atoms with Crippen LogP contribution in [0.4, 0.5) is 4.39 Å². The van der Waals surface area contributed by atoms with E-state index in [1.807, 2.05) is 18.2 Å². The normalized spacial score (nSPS) is 10.4. The molecule has 0 saturated heterocycles. The van der Waals surface area contributed by atoms with Crippen molar-refractivity contribution in [1.29, 1.82) is 0 Å². The number of halogens is 3. The zero-order chi connectivity index (χ0) is 9.68. The van der Waals surface area contributed by atoms with Gasteiger partial charge < -0.3 is 0 Å². The fourth-order valence-electron chi connectivity index (χ4n) is 1.22. The summed E-state index contributed by atoms with van der Waals surface area (Å²) in [5, 5.41) is 0. The Bertz CT molecular complexity index is 276. The quantitative estimate of drug-likeness (QED) is 0.719. The number of aryl methyl sites for hydroxylation is 1. The van der Waals surface area contributed by atoms with Gasteiger partial charge in [-0.2, -0.15) is 0 Å². The molecule has 0 radical (unpaired) electrons. The fourth-order valence-corrected chi connectivity index (χ4v) is 1.76. The highest BCUT2D eigenvalue weighted by Gasteiger charge is 2.02. The first-order valence-corrected chi connectivity index (χ1v) is 5.50. The van der Waals surface area contributed by atoms with Crippen LogP contribution in [0, 0.1) is 0 Å². The molecule has 0 aliphatic carbocycles. The number of alkyl halides is 2. The molecule has 0 aromatic heterocycles. The highest BCUT2D eigenvalue weighted by Crippen LogP contribution is 2.19. The summed E-state index contributed by atoms with van der Waals surface area (Å²) in [5.41, 5.74) is 1.82. The minimum absolute atomic E-state index is 0.406. The molecule has 13 heavy (non-hydrogen) atoms. The van der Waals surface area contributed by atoms with Crippen molar-refractivity contribution >= 4 is 27.5 Å². The first kappa shape index (κ1) is 11.0. The lowest BCUT2D eigenvalue weighted by Gasteiger charge is -2.05. The first-order valence-electron chi connectivity index (χ1n) is 4.17. The van der Waals surface area contributed by atoms with E-state index in [1.165, 1.54) is 0 Å². The molecule has 0 saturated carbocycles. The van der Waals surface area contributed by atoms with Crippen LogP contribution < -0.4 is 0 Å². The summed E-state index contributed by atoms with van der Waals surface area (Å²) >= 11 is 8.89. The van der Waals surface area contributed by atoms with Gasteiger partial charge in [0.2, 0.25) is 0 Å². The summed E-state index contributed by atoms with van der Waals surface area (Å²) < 4.78 is 13.5. The maximum Gasteiger partial charge on any atom is 0.115 e. The van der Waals surface area contributed by atoms with Gasteiger partial charge in [-0.25, -0.2) is 4.39 Å². The third-order valence-corrected chi connectivity index (χ3v) is 2.65. The predicted octanol–water partition coefficient (Wildman–Crippen LogP) is 4.09. The van der Waals surface area contributed by atoms with Gasteiger partial charge in [0.15, 0.2) is 0 Å². The van der Waals surface area contributed by atoms with E-state index in [9.17, 15) is 4.39 Å². The van der Waals surface area contributed by atoms with Crippen molar-refractivity contribution in [1.82, 2.24) is 0 Å². The van der Waals surface area contributed by atoms with Gasteiger partial charge in [0.1, 0.15) is 6.67 Å². The molecular formula is C10H11BrClF. The Balaban J connectivity index is 2.79. The van der Waals surface area contributed by atoms with Crippen molar-refractivity contribution in [3.05, 3.63) is 33.8 Å². The number of rotatable bonds is 4. The Hall–Kier alpha value is -0.0800. The van der Waals surface area contributed by atoms with Crippen molar-refractivity contribution in [2.45, 2.75) is 19.5 Å². The Morgan fingerprint density at radius 3 is 2.69 bits per heavy atom. The maximum absolute atomic E-state index is 12.5. The lowest BCUT2D eigenvalue weighted by Crippen LogP contribution is -1.93. The van der Waals surface area contributed by atoms with Crippen molar-refractivity contribution in [3.63, 3.8) is 0 Å². The molecule has 0 N–H and O–H groups in total. The molecule has 0 heterocycles. The number of hydrogen-bond acceptors (Lipinski definition) is 0. The van der Waals surface area contributed by atoms with Gasteiger partial charge in [-0.3, -0.25) is 0 Å². The van der Waals surface area contributed by atoms with E-state index in [1.54, 1.807) is 0 Å². The van der Waals surface area contributed by atoms with Crippen LogP contribution in [0.25, 0.3) is 0 Å². The van der Waals surface area contributed by atoms with Crippen LogP contribution in [0.1, 0.15) is 17.5 Å². The smallest absolute Gasteiger partial charge is 0.115 e. The predicted molar refractivity (Wildman–Crippen MR) is 58.0 cm³/mol. The lowest BCUT2D eigenvalue weighted by atomic mass is 10.0. The lowest BCUT2D eigenvalue weighted by molar-refractivity contribution is 0.482. The minimum atomic E-state index is -0.406. The molecule has 3 heteroatoms. The van der Waals surface area contributed by atoms with Crippen LogP contribution in [0.15, 0.2) is 22.7 Å². The number of hydrogen-bond donors (Lipinski definition) is 0. The molecule has 0 aliphatic heterocycles. The van der Waals surface area contributed by atoms with E-state index in [0.29, 0.717) is 5.88 Å². The summed E-state index contributed by atoms with van der Waals surface area (Å²) in [6, 6.07) is 5.71. The van der Waals surface area contributed by atoms with Gasteiger partial charge in [0.05, 0.1) is 0 Å². The Kier molecular flexibility index (Phi) is 4.74. The standard InChI is InChI=1S/C10H11BrClF/c11-10-4-3-8(2-1-5-12)9(6-10)7-13/h3-4,6H,1-2,5,7H2. The maximum atomic E-state index is 12.5. The molecule has 72 valence electrons. The van der Waals surface area contributed by atoms with E-state index >= 15 is 0 Å². The molecule has 0 bridgehead atoms. The SMILES string of the molecule is FCc1cc(Br)ccc1CCCCl. The Morgan fingerprint density at radius 1 is 1.31 bits per heavy atom. The summed E-state index contributed by atoms with van der Waals surface area (Å²) in [6.07, 6.45) is 1.76. The first-order chi connectivity index (χ1) is 6.27. The van der Waals surface area contributed by atoms with Crippen LogP contribution in [0.5, 0.6) is 0 Å². The van der Waals surface area contributed by atoms with E-state index < -0.39 is 6.67 Å². The largest absolute Gasteiger partial charge is 0.246 e.